The molecule has 0 aliphatic heterocycles. The molecule has 1 heterocycles. The Labute approximate surface area is 108 Å². The van der Waals surface area contributed by atoms with Crippen LogP contribution in [-0.4, -0.2) is 12.1 Å². The second-order valence-electron chi connectivity index (χ2n) is 4.35. The van der Waals surface area contributed by atoms with Crippen LogP contribution in [0.1, 0.15) is 22.7 Å². The Morgan fingerprint density at radius 1 is 1.28 bits per heavy atom. The van der Waals surface area contributed by atoms with E-state index in [0.717, 1.165) is 17.7 Å². The van der Waals surface area contributed by atoms with Gasteiger partial charge in [-0.05, 0) is 30.5 Å². The Morgan fingerprint density at radius 3 is 2.78 bits per heavy atom. The third-order valence-corrected chi connectivity index (χ3v) is 3.14. The van der Waals surface area contributed by atoms with Crippen molar-refractivity contribution in [1.82, 2.24) is 4.98 Å². The summed E-state index contributed by atoms with van der Waals surface area (Å²) in [7, 11) is 1.64. The number of aromatic nitrogens is 1. The van der Waals surface area contributed by atoms with Crippen LogP contribution in [0.4, 0.5) is 0 Å². The molecule has 3 heteroatoms. The molecule has 3 nitrogen and oxygen atoms in total. The maximum atomic E-state index is 6.26. The number of benzene rings is 1. The summed E-state index contributed by atoms with van der Waals surface area (Å²) < 4.78 is 5.29. The molecule has 2 N–H and O–H groups in total. The van der Waals surface area contributed by atoms with Crippen molar-refractivity contribution >= 4 is 0 Å². The Balaban J connectivity index is 2.22. The van der Waals surface area contributed by atoms with Crippen molar-refractivity contribution in [2.24, 2.45) is 5.73 Å². The van der Waals surface area contributed by atoms with E-state index in [0.29, 0.717) is 0 Å². The second kappa shape index (κ2) is 5.65. The zero-order chi connectivity index (χ0) is 13.0. The summed E-state index contributed by atoms with van der Waals surface area (Å²) in [6.07, 6.45) is 4.25. The van der Waals surface area contributed by atoms with Crippen LogP contribution in [0.25, 0.3) is 0 Å². The van der Waals surface area contributed by atoms with E-state index in [1.807, 2.05) is 18.2 Å². The zero-order valence-corrected chi connectivity index (χ0v) is 10.8. The average Bonchev–Trinajstić information content (AvgIpc) is 2.41. The molecule has 0 fully saturated rings. The minimum atomic E-state index is -0.0796. The van der Waals surface area contributed by atoms with Crippen molar-refractivity contribution in [2.75, 3.05) is 7.11 Å². The SMILES string of the molecule is COc1cnccc1C(N)Cc1ccccc1C. The Bertz CT molecular complexity index is 525. The minimum absolute atomic E-state index is 0.0796. The summed E-state index contributed by atoms with van der Waals surface area (Å²) in [5.74, 6) is 0.749. The highest BCUT2D eigenvalue weighted by molar-refractivity contribution is 5.35. The minimum Gasteiger partial charge on any atom is -0.495 e. The molecule has 0 saturated carbocycles. The third kappa shape index (κ3) is 2.68. The second-order valence-corrected chi connectivity index (χ2v) is 4.35. The van der Waals surface area contributed by atoms with E-state index in [9.17, 15) is 0 Å². The highest BCUT2D eigenvalue weighted by Gasteiger charge is 2.13. The first-order chi connectivity index (χ1) is 8.72. The molecule has 1 atom stereocenters. The maximum absolute atomic E-state index is 6.26. The van der Waals surface area contributed by atoms with E-state index >= 15 is 0 Å². The fraction of sp³-hybridized carbons (Fsp3) is 0.267. The summed E-state index contributed by atoms with van der Waals surface area (Å²) >= 11 is 0. The van der Waals surface area contributed by atoms with Crippen LogP contribution in [-0.2, 0) is 6.42 Å². The highest BCUT2D eigenvalue weighted by atomic mass is 16.5. The van der Waals surface area contributed by atoms with Crippen molar-refractivity contribution < 1.29 is 4.74 Å². The van der Waals surface area contributed by atoms with Gasteiger partial charge >= 0.3 is 0 Å². The van der Waals surface area contributed by atoms with Crippen LogP contribution in [0, 0.1) is 6.92 Å². The number of methoxy groups -OCH3 is 1. The maximum Gasteiger partial charge on any atom is 0.141 e. The largest absolute Gasteiger partial charge is 0.495 e. The van der Waals surface area contributed by atoms with E-state index in [-0.39, 0.29) is 6.04 Å². The van der Waals surface area contributed by atoms with Gasteiger partial charge in [-0.1, -0.05) is 24.3 Å². The highest BCUT2D eigenvalue weighted by Crippen LogP contribution is 2.25. The number of rotatable bonds is 4. The number of hydrogen-bond donors (Lipinski definition) is 1. The summed E-state index contributed by atoms with van der Waals surface area (Å²) in [6.45, 7) is 2.10. The fourth-order valence-corrected chi connectivity index (χ4v) is 2.05. The summed E-state index contributed by atoms with van der Waals surface area (Å²) in [6, 6.07) is 10.1. The molecule has 2 aromatic rings. The fourth-order valence-electron chi connectivity index (χ4n) is 2.05. The molecule has 0 spiro atoms. The lowest BCUT2D eigenvalue weighted by molar-refractivity contribution is 0.403. The predicted octanol–water partition coefficient (Wildman–Crippen LogP) is 2.64. The average molecular weight is 242 g/mol. The number of aryl methyl sites for hydroxylation is 1. The van der Waals surface area contributed by atoms with Crippen LogP contribution in [0.5, 0.6) is 5.75 Å². The third-order valence-electron chi connectivity index (χ3n) is 3.14. The number of pyridine rings is 1. The first-order valence-corrected chi connectivity index (χ1v) is 6.00. The lowest BCUT2D eigenvalue weighted by Gasteiger charge is -2.16. The van der Waals surface area contributed by atoms with Crippen LogP contribution < -0.4 is 10.5 Å². The molecule has 0 amide bonds. The Hall–Kier alpha value is -1.87. The van der Waals surface area contributed by atoms with Gasteiger partial charge < -0.3 is 10.5 Å². The van der Waals surface area contributed by atoms with Crippen LogP contribution in [0.15, 0.2) is 42.7 Å². The first-order valence-electron chi connectivity index (χ1n) is 6.00. The number of nitrogens with zero attached hydrogens (tertiary/aromatic N) is 1. The van der Waals surface area contributed by atoms with Crippen molar-refractivity contribution in [3.05, 3.63) is 59.4 Å². The molecule has 94 valence electrons. The topological polar surface area (TPSA) is 48.1 Å². The Morgan fingerprint density at radius 2 is 2.06 bits per heavy atom. The molecular formula is C15H18N2O. The monoisotopic (exact) mass is 242 g/mol. The van der Waals surface area contributed by atoms with Gasteiger partial charge in [0, 0.05) is 17.8 Å². The molecule has 0 saturated heterocycles. The molecule has 18 heavy (non-hydrogen) atoms. The summed E-state index contributed by atoms with van der Waals surface area (Å²) in [5.41, 5.74) is 9.79. The quantitative estimate of drug-likeness (QED) is 0.896. The van der Waals surface area contributed by atoms with Gasteiger partial charge in [-0.25, -0.2) is 0 Å². The molecule has 2 rings (SSSR count). The van der Waals surface area contributed by atoms with E-state index in [4.69, 9.17) is 10.5 Å². The molecular weight excluding hydrogens is 224 g/mol. The van der Waals surface area contributed by atoms with Crippen molar-refractivity contribution in [3.8, 4) is 5.75 Å². The molecule has 0 bridgehead atoms. The van der Waals surface area contributed by atoms with Crippen molar-refractivity contribution in [1.29, 1.82) is 0 Å². The zero-order valence-electron chi connectivity index (χ0n) is 10.8. The van der Waals surface area contributed by atoms with Gasteiger partial charge in [-0.15, -0.1) is 0 Å². The van der Waals surface area contributed by atoms with Crippen LogP contribution >= 0.6 is 0 Å². The molecule has 1 unspecified atom stereocenters. The number of hydrogen-bond acceptors (Lipinski definition) is 3. The smallest absolute Gasteiger partial charge is 0.141 e. The number of ether oxygens (including phenoxy) is 1. The van der Waals surface area contributed by atoms with E-state index in [1.54, 1.807) is 19.5 Å². The standard InChI is InChI=1S/C15H18N2O/c1-11-5-3-4-6-12(11)9-14(16)13-7-8-17-10-15(13)18-2/h3-8,10,14H,9,16H2,1-2H3. The molecule has 0 aliphatic carbocycles. The van der Waals surface area contributed by atoms with Gasteiger partial charge in [0.05, 0.1) is 13.3 Å². The van der Waals surface area contributed by atoms with Gasteiger partial charge in [0.2, 0.25) is 0 Å². The summed E-state index contributed by atoms with van der Waals surface area (Å²) in [4.78, 5) is 4.04. The molecule has 1 aromatic carbocycles. The molecule has 1 aromatic heterocycles. The van der Waals surface area contributed by atoms with E-state index in [2.05, 4.69) is 24.0 Å². The first kappa shape index (κ1) is 12.6. The van der Waals surface area contributed by atoms with Crippen LogP contribution in [0.2, 0.25) is 0 Å². The lowest BCUT2D eigenvalue weighted by atomic mass is 9.97. The van der Waals surface area contributed by atoms with E-state index < -0.39 is 0 Å². The van der Waals surface area contributed by atoms with Gasteiger partial charge in [0.15, 0.2) is 0 Å². The number of nitrogens with two attached hydrogens (primary N) is 1. The summed E-state index contributed by atoms with van der Waals surface area (Å²) in [5, 5.41) is 0. The predicted molar refractivity (Wildman–Crippen MR) is 72.6 cm³/mol. The van der Waals surface area contributed by atoms with Gasteiger partial charge in [0.1, 0.15) is 5.75 Å². The van der Waals surface area contributed by atoms with Crippen LogP contribution in [0.3, 0.4) is 0 Å². The van der Waals surface area contributed by atoms with E-state index in [1.165, 1.54) is 11.1 Å². The van der Waals surface area contributed by atoms with Gasteiger partial charge in [0.25, 0.3) is 0 Å². The molecule has 0 radical (unpaired) electrons. The van der Waals surface area contributed by atoms with Crippen molar-refractivity contribution in [2.45, 2.75) is 19.4 Å². The van der Waals surface area contributed by atoms with Gasteiger partial charge in [-0.3, -0.25) is 4.98 Å². The normalized spacial score (nSPS) is 12.2. The Kier molecular flexibility index (Phi) is 3.95. The van der Waals surface area contributed by atoms with Crippen molar-refractivity contribution in [3.63, 3.8) is 0 Å². The van der Waals surface area contributed by atoms with Gasteiger partial charge in [-0.2, -0.15) is 0 Å². The molecule has 0 aliphatic rings. The lowest BCUT2D eigenvalue weighted by Crippen LogP contribution is -2.15.